The van der Waals surface area contributed by atoms with Crippen LogP contribution in [-0.2, 0) is 4.79 Å². The highest BCUT2D eigenvalue weighted by molar-refractivity contribution is 5.74. The van der Waals surface area contributed by atoms with Crippen LogP contribution in [0.4, 0.5) is 4.79 Å². The predicted octanol–water partition coefficient (Wildman–Crippen LogP) is -1.20. The molecule has 0 saturated heterocycles. The average Bonchev–Trinajstić information content (AvgIpc) is 2.13. The van der Waals surface area contributed by atoms with E-state index in [1.165, 1.54) is 6.92 Å². The van der Waals surface area contributed by atoms with Crippen molar-refractivity contribution in [2.45, 2.75) is 13.3 Å². The van der Waals surface area contributed by atoms with Crippen LogP contribution in [0.3, 0.4) is 0 Å². The normalized spacial score (nSPS) is 9.29. The standard InChI is InChI=1S/C8H17N3O3/c1-7(13)9-4-5-11-8(14)10-3-2-6-12/h12H,2-6H2,1H3,(H,9,13)(H2,10,11,14). The van der Waals surface area contributed by atoms with Gasteiger partial charge in [0.15, 0.2) is 0 Å². The summed E-state index contributed by atoms with van der Waals surface area (Å²) in [6, 6.07) is -0.288. The Morgan fingerprint density at radius 1 is 1.07 bits per heavy atom. The first-order chi connectivity index (χ1) is 6.66. The summed E-state index contributed by atoms with van der Waals surface area (Å²) in [5, 5.41) is 16.1. The van der Waals surface area contributed by atoms with Gasteiger partial charge in [0, 0.05) is 33.2 Å². The molecule has 82 valence electrons. The molecule has 3 amide bonds. The van der Waals surface area contributed by atoms with Crippen molar-refractivity contribution in [1.29, 1.82) is 0 Å². The van der Waals surface area contributed by atoms with E-state index in [4.69, 9.17) is 5.11 Å². The molecule has 6 heteroatoms. The van der Waals surface area contributed by atoms with E-state index in [1.807, 2.05) is 0 Å². The van der Waals surface area contributed by atoms with Crippen LogP contribution in [0, 0.1) is 0 Å². The topological polar surface area (TPSA) is 90.5 Å². The molecular formula is C8H17N3O3. The Bertz CT molecular complexity index is 185. The zero-order valence-corrected chi connectivity index (χ0v) is 8.30. The van der Waals surface area contributed by atoms with Gasteiger partial charge in [-0.2, -0.15) is 0 Å². The number of hydrogen-bond acceptors (Lipinski definition) is 3. The summed E-state index contributed by atoms with van der Waals surface area (Å²) in [6.07, 6.45) is 0.541. The van der Waals surface area contributed by atoms with Gasteiger partial charge in [0.25, 0.3) is 0 Å². The minimum atomic E-state index is -0.288. The quantitative estimate of drug-likeness (QED) is 0.409. The van der Waals surface area contributed by atoms with Gasteiger partial charge in [-0.3, -0.25) is 4.79 Å². The molecule has 0 aliphatic rings. The first-order valence-corrected chi connectivity index (χ1v) is 4.54. The van der Waals surface area contributed by atoms with E-state index in [9.17, 15) is 9.59 Å². The van der Waals surface area contributed by atoms with E-state index in [1.54, 1.807) is 0 Å². The lowest BCUT2D eigenvalue weighted by Gasteiger charge is -2.06. The molecule has 0 spiro atoms. The molecule has 0 unspecified atom stereocenters. The van der Waals surface area contributed by atoms with Crippen LogP contribution in [0.1, 0.15) is 13.3 Å². The summed E-state index contributed by atoms with van der Waals surface area (Å²) in [5.41, 5.74) is 0. The number of amides is 3. The highest BCUT2D eigenvalue weighted by Crippen LogP contribution is 1.72. The molecule has 14 heavy (non-hydrogen) atoms. The number of hydrogen-bond donors (Lipinski definition) is 4. The molecular weight excluding hydrogens is 186 g/mol. The van der Waals surface area contributed by atoms with Crippen molar-refractivity contribution in [3.05, 3.63) is 0 Å². The number of aliphatic hydroxyl groups is 1. The molecule has 0 bridgehead atoms. The van der Waals surface area contributed by atoms with Gasteiger partial charge in [0.1, 0.15) is 0 Å². The van der Waals surface area contributed by atoms with E-state index < -0.39 is 0 Å². The van der Waals surface area contributed by atoms with Crippen molar-refractivity contribution < 1.29 is 14.7 Å². The van der Waals surface area contributed by atoms with E-state index in [-0.39, 0.29) is 18.5 Å². The number of urea groups is 1. The van der Waals surface area contributed by atoms with Crippen LogP contribution in [0.25, 0.3) is 0 Å². The highest BCUT2D eigenvalue weighted by atomic mass is 16.3. The fraction of sp³-hybridized carbons (Fsp3) is 0.750. The van der Waals surface area contributed by atoms with Crippen molar-refractivity contribution in [2.24, 2.45) is 0 Å². The number of carbonyl (C=O) groups excluding carboxylic acids is 2. The summed E-state index contributed by atoms with van der Waals surface area (Å²) in [6.45, 7) is 2.74. The van der Waals surface area contributed by atoms with Gasteiger partial charge in [0.2, 0.25) is 5.91 Å². The molecule has 0 rings (SSSR count). The van der Waals surface area contributed by atoms with E-state index >= 15 is 0 Å². The first-order valence-electron chi connectivity index (χ1n) is 4.54. The summed E-state index contributed by atoms with van der Waals surface area (Å²) >= 11 is 0. The fourth-order valence-corrected chi connectivity index (χ4v) is 0.758. The van der Waals surface area contributed by atoms with Crippen LogP contribution >= 0.6 is 0 Å². The number of aliphatic hydroxyl groups excluding tert-OH is 1. The third kappa shape index (κ3) is 8.79. The Labute approximate surface area is 83.1 Å². The van der Waals surface area contributed by atoms with Crippen LogP contribution < -0.4 is 16.0 Å². The second kappa shape index (κ2) is 8.31. The van der Waals surface area contributed by atoms with E-state index in [2.05, 4.69) is 16.0 Å². The van der Waals surface area contributed by atoms with Gasteiger partial charge in [-0.25, -0.2) is 4.79 Å². The first kappa shape index (κ1) is 12.7. The maximum absolute atomic E-state index is 10.9. The molecule has 0 heterocycles. The fourth-order valence-electron chi connectivity index (χ4n) is 0.758. The van der Waals surface area contributed by atoms with Crippen molar-refractivity contribution >= 4 is 11.9 Å². The van der Waals surface area contributed by atoms with Crippen LogP contribution in [0.5, 0.6) is 0 Å². The Morgan fingerprint density at radius 3 is 2.21 bits per heavy atom. The second-order valence-electron chi connectivity index (χ2n) is 2.74. The highest BCUT2D eigenvalue weighted by Gasteiger charge is 1.97. The number of carbonyl (C=O) groups is 2. The lowest BCUT2D eigenvalue weighted by Crippen LogP contribution is -2.40. The summed E-state index contributed by atoms with van der Waals surface area (Å²) in [4.78, 5) is 21.4. The summed E-state index contributed by atoms with van der Waals surface area (Å²) < 4.78 is 0. The average molecular weight is 203 g/mol. The smallest absolute Gasteiger partial charge is 0.314 e. The minimum Gasteiger partial charge on any atom is -0.396 e. The Hall–Kier alpha value is -1.30. The zero-order valence-electron chi connectivity index (χ0n) is 8.30. The molecule has 0 radical (unpaired) electrons. The van der Waals surface area contributed by atoms with Gasteiger partial charge in [-0.05, 0) is 6.42 Å². The third-order valence-electron chi connectivity index (χ3n) is 1.40. The Balaban J connectivity index is 3.22. The molecule has 0 saturated carbocycles. The van der Waals surface area contributed by atoms with Crippen molar-refractivity contribution in [3.8, 4) is 0 Å². The molecule has 0 atom stereocenters. The van der Waals surface area contributed by atoms with Gasteiger partial charge in [-0.1, -0.05) is 0 Å². The molecule has 4 N–H and O–H groups in total. The molecule has 0 aromatic heterocycles. The minimum absolute atomic E-state index is 0.0617. The van der Waals surface area contributed by atoms with Crippen LogP contribution in [0.15, 0.2) is 0 Å². The molecule has 0 fully saturated rings. The lowest BCUT2D eigenvalue weighted by molar-refractivity contribution is -0.118. The Kier molecular flexibility index (Phi) is 7.53. The molecule has 0 aromatic rings. The van der Waals surface area contributed by atoms with Gasteiger partial charge in [-0.15, -0.1) is 0 Å². The summed E-state index contributed by atoms with van der Waals surface area (Å²) in [7, 11) is 0. The molecule has 0 aliphatic heterocycles. The van der Waals surface area contributed by atoms with Gasteiger partial charge < -0.3 is 21.1 Å². The number of nitrogens with one attached hydrogen (secondary N) is 3. The van der Waals surface area contributed by atoms with Crippen molar-refractivity contribution in [1.82, 2.24) is 16.0 Å². The monoisotopic (exact) mass is 203 g/mol. The van der Waals surface area contributed by atoms with Crippen LogP contribution in [0.2, 0.25) is 0 Å². The van der Waals surface area contributed by atoms with Gasteiger partial charge in [0.05, 0.1) is 0 Å². The van der Waals surface area contributed by atoms with E-state index in [0.29, 0.717) is 26.1 Å². The molecule has 0 aliphatic carbocycles. The largest absolute Gasteiger partial charge is 0.396 e. The van der Waals surface area contributed by atoms with Crippen molar-refractivity contribution in [3.63, 3.8) is 0 Å². The maximum atomic E-state index is 10.9. The van der Waals surface area contributed by atoms with Crippen LogP contribution in [-0.4, -0.2) is 43.3 Å². The predicted molar refractivity (Wildman–Crippen MR) is 51.8 cm³/mol. The number of rotatable bonds is 6. The SMILES string of the molecule is CC(=O)NCCNC(=O)NCCCO. The van der Waals surface area contributed by atoms with Gasteiger partial charge >= 0.3 is 6.03 Å². The summed E-state index contributed by atoms with van der Waals surface area (Å²) in [5.74, 6) is -0.118. The third-order valence-corrected chi connectivity index (χ3v) is 1.40. The lowest BCUT2D eigenvalue weighted by atomic mass is 10.4. The Morgan fingerprint density at radius 2 is 1.64 bits per heavy atom. The molecule has 0 aromatic carbocycles. The second-order valence-corrected chi connectivity index (χ2v) is 2.74. The maximum Gasteiger partial charge on any atom is 0.314 e. The van der Waals surface area contributed by atoms with Crippen molar-refractivity contribution in [2.75, 3.05) is 26.2 Å². The molecule has 6 nitrogen and oxygen atoms in total. The zero-order chi connectivity index (χ0) is 10.8. The van der Waals surface area contributed by atoms with E-state index in [0.717, 1.165) is 0 Å².